The summed E-state index contributed by atoms with van der Waals surface area (Å²) in [6, 6.07) is 9.56. The number of aliphatic hydroxyl groups excluding tert-OH is 1. The van der Waals surface area contributed by atoms with E-state index in [0.717, 1.165) is 25.8 Å². The summed E-state index contributed by atoms with van der Waals surface area (Å²) < 4.78 is 11.5. The summed E-state index contributed by atoms with van der Waals surface area (Å²) in [7, 11) is 1.63. The number of nitrogens with zero attached hydrogens (tertiary/aromatic N) is 2. The summed E-state index contributed by atoms with van der Waals surface area (Å²) in [6.45, 7) is 6.71. The number of para-hydroxylation sites is 2. The lowest BCUT2D eigenvalue weighted by Crippen LogP contribution is -2.47. The van der Waals surface area contributed by atoms with Crippen LogP contribution in [0.2, 0.25) is 0 Å². The monoisotopic (exact) mass is 446 g/mol. The summed E-state index contributed by atoms with van der Waals surface area (Å²) in [5.41, 5.74) is 1.17. The molecular formula is C24H34N2O4S. The molecule has 2 aromatic rings. The lowest BCUT2D eigenvalue weighted by molar-refractivity contribution is -0.136. The van der Waals surface area contributed by atoms with E-state index in [2.05, 4.69) is 18.4 Å². The maximum Gasteiger partial charge on any atom is 0.237 e. The van der Waals surface area contributed by atoms with Crippen molar-refractivity contribution in [2.45, 2.75) is 45.3 Å². The smallest absolute Gasteiger partial charge is 0.237 e. The molecule has 0 aliphatic carbocycles. The molecule has 1 aromatic carbocycles. The first-order chi connectivity index (χ1) is 15.1. The van der Waals surface area contributed by atoms with E-state index >= 15 is 0 Å². The molecule has 0 spiro atoms. The number of thiophene rings is 1. The Kier molecular flexibility index (Phi) is 8.75. The van der Waals surface area contributed by atoms with Crippen LogP contribution in [-0.4, -0.2) is 66.8 Å². The largest absolute Gasteiger partial charge is 0.493 e. The third-order valence-corrected chi connectivity index (χ3v) is 6.77. The number of fused-ring (bicyclic) bond motifs is 1. The van der Waals surface area contributed by atoms with Crippen molar-refractivity contribution in [3.63, 3.8) is 0 Å². The van der Waals surface area contributed by atoms with Gasteiger partial charge in [0.1, 0.15) is 6.61 Å². The number of benzene rings is 1. The first kappa shape index (κ1) is 23.6. The standard InChI is InChI=1S/C24H34N2O4S/c1-4-8-18(27)15-25(5-2)16-24(28)26-13-11-23-19(12-14-31-23)20(26)17-30-22-10-7-6-9-21(22)29-3/h6-7,9-10,12,14,18,20,27H,4-5,8,11,13,15-17H2,1-3H3/t18-,20-/m0/s1. The van der Waals surface area contributed by atoms with Gasteiger partial charge in [-0.3, -0.25) is 9.69 Å². The summed E-state index contributed by atoms with van der Waals surface area (Å²) >= 11 is 1.74. The lowest BCUT2D eigenvalue weighted by atomic mass is 10.0. The zero-order valence-electron chi connectivity index (χ0n) is 18.8. The minimum Gasteiger partial charge on any atom is -0.493 e. The third kappa shape index (κ3) is 5.99. The molecule has 0 bridgehead atoms. The van der Waals surface area contributed by atoms with E-state index in [1.54, 1.807) is 18.4 Å². The molecule has 0 saturated heterocycles. The second-order valence-corrected chi connectivity index (χ2v) is 8.88. The number of likely N-dealkylation sites (N-methyl/N-ethyl adjacent to an activating group) is 1. The van der Waals surface area contributed by atoms with E-state index in [0.29, 0.717) is 37.7 Å². The summed E-state index contributed by atoms with van der Waals surface area (Å²) in [4.78, 5) is 18.6. The molecule has 0 radical (unpaired) electrons. The summed E-state index contributed by atoms with van der Waals surface area (Å²) in [5, 5.41) is 12.3. The SMILES string of the molecule is CCC[C@H](O)CN(CC)CC(=O)N1CCc2sccc2[C@@H]1COc1ccccc1OC. The number of carbonyl (C=O) groups is 1. The van der Waals surface area contributed by atoms with Crippen LogP contribution >= 0.6 is 11.3 Å². The van der Waals surface area contributed by atoms with E-state index in [1.807, 2.05) is 41.0 Å². The molecule has 0 fully saturated rings. The second-order valence-electron chi connectivity index (χ2n) is 7.88. The first-order valence-corrected chi connectivity index (χ1v) is 12.0. The number of hydrogen-bond acceptors (Lipinski definition) is 6. The van der Waals surface area contributed by atoms with E-state index in [-0.39, 0.29) is 11.9 Å². The molecule has 0 saturated carbocycles. The van der Waals surface area contributed by atoms with Crippen LogP contribution in [-0.2, 0) is 11.2 Å². The molecule has 7 heteroatoms. The van der Waals surface area contributed by atoms with Crippen molar-refractivity contribution in [2.75, 3.05) is 39.9 Å². The van der Waals surface area contributed by atoms with Crippen molar-refractivity contribution < 1.29 is 19.4 Å². The number of hydrogen-bond donors (Lipinski definition) is 1. The Morgan fingerprint density at radius 2 is 2.06 bits per heavy atom. The highest BCUT2D eigenvalue weighted by molar-refractivity contribution is 7.10. The Hall–Kier alpha value is -2.09. The Morgan fingerprint density at radius 3 is 2.77 bits per heavy atom. The topological polar surface area (TPSA) is 62.2 Å². The molecule has 3 rings (SSSR count). The number of amides is 1. The van der Waals surface area contributed by atoms with Gasteiger partial charge < -0.3 is 19.5 Å². The number of methoxy groups -OCH3 is 1. The van der Waals surface area contributed by atoms with Gasteiger partial charge in [-0.25, -0.2) is 0 Å². The lowest BCUT2D eigenvalue weighted by Gasteiger charge is -2.37. The summed E-state index contributed by atoms with van der Waals surface area (Å²) in [5.74, 6) is 1.44. The Labute approximate surface area is 189 Å². The summed E-state index contributed by atoms with van der Waals surface area (Å²) in [6.07, 6.45) is 2.16. The Morgan fingerprint density at radius 1 is 1.29 bits per heavy atom. The molecule has 170 valence electrons. The zero-order valence-corrected chi connectivity index (χ0v) is 19.6. The minimum absolute atomic E-state index is 0.0797. The molecule has 1 amide bonds. The predicted octanol–water partition coefficient (Wildman–Crippen LogP) is 3.74. The molecule has 1 aliphatic rings. The molecule has 6 nitrogen and oxygen atoms in total. The number of rotatable bonds is 11. The fourth-order valence-electron chi connectivity index (χ4n) is 4.09. The van der Waals surface area contributed by atoms with E-state index in [9.17, 15) is 9.90 Å². The first-order valence-electron chi connectivity index (χ1n) is 11.1. The highest BCUT2D eigenvalue weighted by Crippen LogP contribution is 2.35. The van der Waals surface area contributed by atoms with Crippen molar-refractivity contribution in [2.24, 2.45) is 0 Å². The molecular weight excluding hydrogens is 412 g/mol. The predicted molar refractivity (Wildman–Crippen MR) is 124 cm³/mol. The molecule has 31 heavy (non-hydrogen) atoms. The quantitative estimate of drug-likeness (QED) is 0.570. The van der Waals surface area contributed by atoms with Crippen LogP contribution in [0.3, 0.4) is 0 Å². The van der Waals surface area contributed by atoms with Gasteiger partial charge in [0.25, 0.3) is 0 Å². The van der Waals surface area contributed by atoms with Crippen LogP contribution in [0.25, 0.3) is 0 Å². The maximum atomic E-state index is 13.3. The maximum absolute atomic E-state index is 13.3. The van der Waals surface area contributed by atoms with Crippen LogP contribution in [0.4, 0.5) is 0 Å². The van der Waals surface area contributed by atoms with Crippen LogP contribution < -0.4 is 9.47 Å². The van der Waals surface area contributed by atoms with Crippen molar-refractivity contribution in [3.8, 4) is 11.5 Å². The molecule has 2 atom stereocenters. The van der Waals surface area contributed by atoms with Gasteiger partial charge in [-0.1, -0.05) is 32.4 Å². The van der Waals surface area contributed by atoms with Gasteiger partial charge in [-0.05, 0) is 48.5 Å². The van der Waals surface area contributed by atoms with Crippen LogP contribution in [0.1, 0.15) is 43.2 Å². The molecule has 1 aromatic heterocycles. The van der Waals surface area contributed by atoms with Crippen LogP contribution in [0.15, 0.2) is 35.7 Å². The van der Waals surface area contributed by atoms with Gasteiger partial charge in [0.05, 0.1) is 25.8 Å². The van der Waals surface area contributed by atoms with Crippen molar-refractivity contribution in [3.05, 3.63) is 46.2 Å². The van der Waals surface area contributed by atoms with Gasteiger partial charge in [-0.15, -0.1) is 11.3 Å². The van der Waals surface area contributed by atoms with Gasteiger partial charge in [0.2, 0.25) is 5.91 Å². The van der Waals surface area contributed by atoms with E-state index in [4.69, 9.17) is 9.47 Å². The van der Waals surface area contributed by atoms with E-state index < -0.39 is 6.10 Å². The second kappa shape index (κ2) is 11.5. The number of aliphatic hydroxyl groups is 1. The molecule has 2 heterocycles. The number of ether oxygens (including phenoxy) is 2. The normalized spacial score (nSPS) is 16.8. The fourth-order valence-corrected chi connectivity index (χ4v) is 5.02. The molecule has 0 unspecified atom stereocenters. The minimum atomic E-state index is -0.396. The van der Waals surface area contributed by atoms with Gasteiger partial charge in [0, 0.05) is 18.0 Å². The van der Waals surface area contributed by atoms with Gasteiger partial charge in [-0.2, -0.15) is 0 Å². The average Bonchev–Trinajstić information content (AvgIpc) is 3.26. The average molecular weight is 447 g/mol. The van der Waals surface area contributed by atoms with Crippen LogP contribution in [0.5, 0.6) is 11.5 Å². The Balaban J connectivity index is 1.72. The number of carbonyl (C=O) groups excluding carboxylic acids is 1. The third-order valence-electron chi connectivity index (χ3n) is 5.78. The van der Waals surface area contributed by atoms with Crippen molar-refractivity contribution in [1.82, 2.24) is 9.80 Å². The fraction of sp³-hybridized carbons (Fsp3) is 0.542. The highest BCUT2D eigenvalue weighted by Gasteiger charge is 2.33. The highest BCUT2D eigenvalue weighted by atomic mass is 32.1. The zero-order chi connectivity index (χ0) is 22.2. The van der Waals surface area contributed by atoms with Crippen molar-refractivity contribution in [1.29, 1.82) is 0 Å². The molecule has 1 N–H and O–H groups in total. The molecule has 1 aliphatic heterocycles. The van der Waals surface area contributed by atoms with E-state index in [1.165, 1.54) is 10.4 Å². The van der Waals surface area contributed by atoms with Gasteiger partial charge >= 0.3 is 0 Å². The van der Waals surface area contributed by atoms with Crippen LogP contribution in [0, 0.1) is 0 Å². The van der Waals surface area contributed by atoms with Crippen molar-refractivity contribution >= 4 is 17.2 Å². The Bertz CT molecular complexity index is 840. The van der Waals surface area contributed by atoms with Gasteiger partial charge in [0.15, 0.2) is 11.5 Å².